The summed E-state index contributed by atoms with van der Waals surface area (Å²) in [6.45, 7) is 5.82. The van der Waals surface area contributed by atoms with E-state index in [1.165, 1.54) is 18.3 Å². The van der Waals surface area contributed by atoms with Crippen LogP contribution in [0.1, 0.15) is 44.2 Å². The Labute approximate surface area is 160 Å². The van der Waals surface area contributed by atoms with E-state index >= 15 is 0 Å². The number of fused-ring (bicyclic) bond motifs is 1. The predicted molar refractivity (Wildman–Crippen MR) is 103 cm³/mol. The fourth-order valence-corrected chi connectivity index (χ4v) is 4.45. The first-order valence-electron chi connectivity index (χ1n) is 8.63. The van der Waals surface area contributed by atoms with Gasteiger partial charge in [0.25, 0.3) is 12.3 Å². The summed E-state index contributed by atoms with van der Waals surface area (Å²) in [5, 5.41) is 5.56. The summed E-state index contributed by atoms with van der Waals surface area (Å²) in [6.07, 6.45) is 1.72. The normalized spacial score (nSPS) is 25.8. The van der Waals surface area contributed by atoms with Gasteiger partial charge in [0.15, 0.2) is 5.17 Å². The summed E-state index contributed by atoms with van der Waals surface area (Å²) in [5.74, 6) is -1.28. The van der Waals surface area contributed by atoms with Crippen LogP contribution in [-0.2, 0) is 10.2 Å². The molecule has 0 bridgehead atoms. The molecule has 0 spiro atoms. The van der Waals surface area contributed by atoms with Crippen LogP contribution in [0.2, 0.25) is 0 Å². The zero-order valence-electron chi connectivity index (χ0n) is 15.6. The van der Waals surface area contributed by atoms with E-state index in [1.807, 2.05) is 20.8 Å². The van der Waals surface area contributed by atoms with Crippen LogP contribution in [0.4, 0.5) is 18.9 Å². The molecule has 146 valence electrons. The second-order valence-corrected chi connectivity index (χ2v) is 8.35. The lowest BCUT2D eigenvalue weighted by Gasteiger charge is -2.28. The molecule has 0 saturated heterocycles. The Morgan fingerprint density at radius 2 is 2.11 bits per heavy atom. The molecule has 0 saturated carbocycles. The molecule has 1 aromatic carbocycles. The number of hydrogen-bond donors (Lipinski definition) is 2. The molecule has 8 heteroatoms. The molecule has 1 aliphatic carbocycles. The van der Waals surface area contributed by atoms with Crippen molar-refractivity contribution in [2.24, 2.45) is 4.99 Å². The summed E-state index contributed by atoms with van der Waals surface area (Å²) >= 11 is 1.14. The number of benzene rings is 1. The molecular weight excluding hydrogens is 375 g/mol. The lowest BCUT2D eigenvalue weighted by molar-refractivity contribution is -0.124. The molecule has 0 radical (unpaired) electrons. The summed E-state index contributed by atoms with van der Waals surface area (Å²) in [4.78, 5) is 16.8. The van der Waals surface area contributed by atoms with Crippen LogP contribution in [0.5, 0.6) is 0 Å². The SMILES string of the molecule is CSC1=NC(C(=O)Nc2ccc(F)c3c2C(C)CC3(C)C)(C(F)F)C=CN1. The number of amides is 1. The van der Waals surface area contributed by atoms with Crippen LogP contribution in [-0.4, -0.2) is 29.3 Å². The van der Waals surface area contributed by atoms with Crippen molar-refractivity contribution in [1.82, 2.24) is 5.32 Å². The summed E-state index contributed by atoms with van der Waals surface area (Å²) < 4.78 is 42.2. The lowest BCUT2D eigenvalue weighted by Crippen LogP contribution is -2.49. The van der Waals surface area contributed by atoms with Gasteiger partial charge < -0.3 is 10.6 Å². The van der Waals surface area contributed by atoms with Crippen molar-refractivity contribution in [3.8, 4) is 0 Å². The third-order valence-electron chi connectivity index (χ3n) is 5.15. The Bertz CT molecular complexity index is 838. The van der Waals surface area contributed by atoms with Crippen molar-refractivity contribution in [1.29, 1.82) is 0 Å². The molecule has 4 nitrogen and oxygen atoms in total. The minimum absolute atomic E-state index is 0.00248. The molecule has 2 N–H and O–H groups in total. The summed E-state index contributed by atoms with van der Waals surface area (Å²) in [5.41, 5.74) is -1.14. The standard InChI is InChI=1S/C19H22F3N3OS/c1-10-9-18(2,3)14-11(20)5-6-12(13(10)14)24-16(26)19(15(21)22)7-8-23-17(25-19)27-4/h5-8,10,15H,9H2,1-4H3,(H,23,25)(H,24,26). The molecule has 1 aromatic rings. The van der Waals surface area contributed by atoms with Gasteiger partial charge in [-0.05, 0) is 53.3 Å². The van der Waals surface area contributed by atoms with Gasteiger partial charge >= 0.3 is 0 Å². The van der Waals surface area contributed by atoms with Gasteiger partial charge in [-0.3, -0.25) is 4.79 Å². The van der Waals surface area contributed by atoms with Crippen molar-refractivity contribution < 1.29 is 18.0 Å². The van der Waals surface area contributed by atoms with Crippen molar-refractivity contribution in [3.63, 3.8) is 0 Å². The van der Waals surface area contributed by atoms with E-state index in [0.717, 1.165) is 17.8 Å². The number of anilines is 1. The number of rotatable bonds is 3. The van der Waals surface area contributed by atoms with Crippen molar-refractivity contribution in [2.45, 2.75) is 50.5 Å². The highest BCUT2D eigenvalue weighted by atomic mass is 32.2. The number of nitrogens with zero attached hydrogens (tertiary/aromatic N) is 1. The molecule has 27 heavy (non-hydrogen) atoms. The van der Waals surface area contributed by atoms with E-state index in [-0.39, 0.29) is 16.9 Å². The van der Waals surface area contributed by atoms with Crippen LogP contribution in [0.15, 0.2) is 29.4 Å². The monoisotopic (exact) mass is 397 g/mol. The molecule has 1 amide bonds. The zero-order chi connectivity index (χ0) is 20.0. The van der Waals surface area contributed by atoms with Gasteiger partial charge in [0.1, 0.15) is 5.82 Å². The van der Waals surface area contributed by atoms with Crippen LogP contribution in [0, 0.1) is 5.82 Å². The predicted octanol–water partition coefficient (Wildman–Crippen LogP) is 4.39. The second-order valence-electron chi connectivity index (χ2n) is 7.55. The number of halogens is 3. The molecule has 2 atom stereocenters. The highest BCUT2D eigenvalue weighted by molar-refractivity contribution is 8.13. The van der Waals surface area contributed by atoms with E-state index < -0.39 is 23.3 Å². The fraction of sp³-hybridized carbons (Fsp3) is 0.474. The number of aliphatic imine (C=N–C) groups is 1. The Morgan fingerprint density at radius 3 is 2.74 bits per heavy atom. The van der Waals surface area contributed by atoms with E-state index in [4.69, 9.17) is 0 Å². The maximum Gasteiger partial charge on any atom is 0.276 e. The zero-order valence-corrected chi connectivity index (χ0v) is 16.4. The number of amidine groups is 1. The third-order valence-corrected chi connectivity index (χ3v) is 5.75. The molecule has 0 aromatic heterocycles. The smallest absolute Gasteiger partial charge is 0.276 e. The van der Waals surface area contributed by atoms with Crippen LogP contribution in [0.3, 0.4) is 0 Å². The number of carbonyl (C=O) groups is 1. The van der Waals surface area contributed by atoms with Gasteiger partial charge in [-0.2, -0.15) is 0 Å². The quantitative estimate of drug-likeness (QED) is 0.795. The summed E-state index contributed by atoms with van der Waals surface area (Å²) in [6, 6.07) is 2.71. The maximum absolute atomic E-state index is 14.5. The van der Waals surface area contributed by atoms with Gasteiger partial charge in [-0.15, -0.1) is 0 Å². The Balaban J connectivity index is 2.02. The van der Waals surface area contributed by atoms with E-state index in [1.54, 1.807) is 6.26 Å². The first-order chi connectivity index (χ1) is 12.6. The number of carbonyl (C=O) groups excluding carboxylic acids is 1. The van der Waals surface area contributed by atoms with Crippen LogP contribution >= 0.6 is 11.8 Å². The van der Waals surface area contributed by atoms with E-state index in [0.29, 0.717) is 23.2 Å². The second kappa shape index (κ2) is 6.89. The third kappa shape index (κ3) is 3.24. The average molecular weight is 397 g/mol. The number of nitrogens with one attached hydrogen (secondary N) is 2. The van der Waals surface area contributed by atoms with Gasteiger partial charge in [0.2, 0.25) is 5.54 Å². The highest BCUT2D eigenvalue weighted by Gasteiger charge is 2.48. The van der Waals surface area contributed by atoms with Crippen LogP contribution in [0.25, 0.3) is 0 Å². The van der Waals surface area contributed by atoms with Gasteiger partial charge in [-0.25, -0.2) is 18.2 Å². The number of alkyl halides is 2. The van der Waals surface area contributed by atoms with Crippen molar-refractivity contribution in [2.75, 3.05) is 11.6 Å². The van der Waals surface area contributed by atoms with E-state index in [9.17, 15) is 18.0 Å². The molecule has 2 aliphatic rings. The molecule has 1 heterocycles. The van der Waals surface area contributed by atoms with Crippen molar-refractivity contribution >= 4 is 28.5 Å². The Morgan fingerprint density at radius 1 is 1.41 bits per heavy atom. The minimum Gasteiger partial charge on any atom is -0.342 e. The average Bonchev–Trinajstić information content (AvgIpc) is 2.86. The van der Waals surface area contributed by atoms with Gasteiger partial charge in [0.05, 0.1) is 0 Å². The van der Waals surface area contributed by atoms with Crippen LogP contribution < -0.4 is 10.6 Å². The molecular formula is C19H22F3N3OS. The fourth-order valence-electron chi connectivity index (χ4n) is 4.02. The molecule has 0 fully saturated rings. The first-order valence-corrected chi connectivity index (χ1v) is 9.85. The maximum atomic E-state index is 14.5. The van der Waals surface area contributed by atoms with Gasteiger partial charge in [0, 0.05) is 11.9 Å². The molecule has 1 aliphatic heterocycles. The molecule has 3 rings (SSSR count). The summed E-state index contributed by atoms with van der Waals surface area (Å²) in [7, 11) is 0. The first kappa shape index (κ1) is 19.8. The largest absolute Gasteiger partial charge is 0.342 e. The Kier molecular flexibility index (Phi) is 5.05. The van der Waals surface area contributed by atoms with Crippen molar-refractivity contribution in [3.05, 3.63) is 41.4 Å². The highest BCUT2D eigenvalue weighted by Crippen LogP contribution is 2.49. The van der Waals surface area contributed by atoms with E-state index in [2.05, 4.69) is 15.6 Å². The lowest BCUT2D eigenvalue weighted by atomic mass is 9.85. The Hall–Kier alpha value is -1.96. The minimum atomic E-state index is -3.03. The number of thioether (sulfide) groups is 1. The van der Waals surface area contributed by atoms with Gasteiger partial charge in [-0.1, -0.05) is 32.5 Å². The topological polar surface area (TPSA) is 53.5 Å². The molecule has 2 unspecified atom stereocenters. The number of hydrogen-bond acceptors (Lipinski definition) is 4.